The van der Waals surface area contributed by atoms with Crippen LogP contribution >= 0.6 is 0 Å². The number of carbonyl (C=O) groups excluding carboxylic acids is 1. The number of allylic oxidation sites excluding steroid dienone is 2. The van der Waals surface area contributed by atoms with E-state index in [4.69, 9.17) is 4.74 Å². The van der Waals surface area contributed by atoms with E-state index in [0.717, 1.165) is 5.57 Å². The van der Waals surface area contributed by atoms with E-state index < -0.39 is 0 Å². The van der Waals surface area contributed by atoms with Gasteiger partial charge < -0.3 is 14.9 Å². The predicted molar refractivity (Wildman–Crippen MR) is 83.2 cm³/mol. The molecule has 0 spiro atoms. The van der Waals surface area contributed by atoms with Crippen LogP contribution in [0.25, 0.3) is 0 Å². The molecule has 0 amide bonds. The number of ketones is 1. The van der Waals surface area contributed by atoms with Crippen LogP contribution in [-0.2, 0) is 6.42 Å². The lowest BCUT2D eigenvalue weighted by molar-refractivity contribution is 0.0921. The highest BCUT2D eigenvalue weighted by molar-refractivity contribution is 6.03. The second-order valence-electron chi connectivity index (χ2n) is 5.46. The van der Waals surface area contributed by atoms with Crippen LogP contribution in [0.2, 0.25) is 0 Å². The maximum Gasteiger partial charge on any atom is 0.173 e. The van der Waals surface area contributed by atoms with Gasteiger partial charge in [0.25, 0.3) is 0 Å². The Morgan fingerprint density at radius 1 is 1.38 bits per heavy atom. The van der Waals surface area contributed by atoms with Crippen molar-refractivity contribution in [1.29, 1.82) is 0 Å². The third-order valence-electron chi connectivity index (χ3n) is 3.59. The molecule has 0 aromatic heterocycles. The molecular weight excluding hydrogens is 268 g/mol. The molecule has 1 aromatic rings. The lowest BCUT2D eigenvalue weighted by Gasteiger charge is -2.16. The van der Waals surface area contributed by atoms with Crippen molar-refractivity contribution in [3.05, 3.63) is 28.8 Å². The number of Topliss-reactive ketones (excluding diaryl/α,β-unsaturated/α-hetero) is 1. The number of rotatable bonds is 6. The van der Waals surface area contributed by atoms with Crippen molar-refractivity contribution in [1.82, 2.24) is 0 Å². The van der Waals surface area contributed by atoms with Gasteiger partial charge in [-0.1, -0.05) is 25.5 Å². The Hall–Kier alpha value is -1.97. The largest absolute Gasteiger partial charge is 0.507 e. The number of phenolic OH excluding ortho intramolecular Hbond substituents is 2. The third-order valence-corrected chi connectivity index (χ3v) is 3.59. The molecule has 0 aliphatic carbocycles. The van der Waals surface area contributed by atoms with E-state index in [9.17, 15) is 15.0 Å². The van der Waals surface area contributed by atoms with Gasteiger partial charge in [-0.2, -0.15) is 0 Å². The van der Waals surface area contributed by atoms with Gasteiger partial charge in [-0.3, -0.25) is 4.79 Å². The maximum absolute atomic E-state index is 12.4. The topological polar surface area (TPSA) is 66.8 Å². The first kappa shape index (κ1) is 17.1. The SMILES string of the molecule is CC[C@@H](C)C(=O)c1c(OC)cc(O)c(CC=C(C)C)c1O. The Kier molecular flexibility index (Phi) is 5.82. The summed E-state index contributed by atoms with van der Waals surface area (Å²) in [6.07, 6.45) is 2.93. The van der Waals surface area contributed by atoms with Crippen molar-refractivity contribution < 1.29 is 19.7 Å². The Morgan fingerprint density at radius 3 is 2.48 bits per heavy atom. The molecule has 2 N–H and O–H groups in total. The number of carbonyl (C=O) groups is 1. The van der Waals surface area contributed by atoms with Gasteiger partial charge in [-0.05, 0) is 26.7 Å². The number of methoxy groups -OCH3 is 1. The number of aromatic hydroxyl groups is 2. The third kappa shape index (κ3) is 3.78. The molecule has 0 bridgehead atoms. The first-order chi connectivity index (χ1) is 9.83. The second-order valence-corrected chi connectivity index (χ2v) is 5.46. The van der Waals surface area contributed by atoms with Crippen LogP contribution in [0.5, 0.6) is 17.2 Å². The van der Waals surface area contributed by atoms with Gasteiger partial charge in [-0.25, -0.2) is 0 Å². The highest BCUT2D eigenvalue weighted by Crippen LogP contribution is 2.40. The highest BCUT2D eigenvalue weighted by atomic mass is 16.5. The molecule has 0 fully saturated rings. The number of phenols is 2. The maximum atomic E-state index is 12.4. The number of benzene rings is 1. The van der Waals surface area contributed by atoms with Gasteiger partial charge in [0.05, 0.1) is 7.11 Å². The first-order valence-electron chi connectivity index (χ1n) is 7.12. The van der Waals surface area contributed by atoms with Crippen LogP contribution in [-0.4, -0.2) is 23.1 Å². The fraction of sp³-hybridized carbons (Fsp3) is 0.471. The zero-order valence-electron chi connectivity index (χ0n) is 13.4. The van der Waals surface area contributed by atoms with Crippen molar-refractivity contribution in [3.8, 4) is 17.2 Å². The molecule has 21 heavy (non-hydrogen) atoms. The average molecular weight is 292 g/mol. The average Bonchev–Trinajstić information content (AvgIpc) is 2.44. The van der Waals surface area contributed by atoms with Gasteiger partial charge in [-0.15, -0.1) is 0 Å². The fourth-order valence-electron chi connectivity index (χ4n) is 2.01. The van der Waals surface area contributed by atoms with E-state index in [1.54, 1.807) is 0 Å². The van der Waals surface area contributed by atoms with Gasteiger partial charge in [0.1, 0.15) is 22.8 Å². The van der Waals surface area contributed by atoms with Crippen LogP contribution in [0.4, 0.5) is 0 Å². The fourth-order valence-corrected chi connectivity index (χ4v) is 2.01. The Balaban J connectivity index is 3.44. The van der Waals surface area contributed by atoms with Crippen molar-refractivity contribution in [2.24, 2.45) is 5.92 Å². The molecule has 0 saturated heterocycles. The standard InChI is InChI=1S/C17H24O4/c1-6-11(4)16(19)15-14(21-5)9-13(18)12(17(15)20)8-7-10(2)3/h7,9,11,18,20H,6,8H2,1-5H3/t11-/m1/s1. The summed E-state index contributed by atoms with van der Waals surface area (Å²) in [6.45, 7) is 7.59. The summed E-state index contributed by atoms with van der Waals surface area (Å²) in [7, 11) is 1.41. The van der Waals surface area contributed by atoms with Crippen LogP contribution in [0.1, 0.15) is 50.0 Å². The number of ether oxygens (including phenoxy) is 1. The Labute approximate surface area is 126 Å². The molecule has 1 rings (SSSR count). The minimum atomic E-state index is -0.217. The van der Waals surface area contributed by atoms with E-state index in [0.29, 0.717) is 18.4 Å². The second kappa shape index (κ2) is 7.16. The highest BCUT2D eigenvalue weighted by Gasteiger charge is 2.25. The predicted octanol–water partition coefficient (Wildman–Crippen LogP) is 3.84. The monoisotopic (exact) mass is 292 g/mol. The summed E-state index contributed by atoms with van der Waals surface area (Å²) < 4.78 is 5.15. The van der Waals surface area contributed by atoms with Crippen molar-refractivity contribution in [2.45, 2.75) is 40.5 Å². The summed E-state index contributed by atoms with van der Waals surface area (Å²) in [4.78, 5) is 12.4. The normalized spacial score (nSPS) is 11.9. The van der Waals surface area contributed by atoms with Crippen LogP contribution in [0.3, 0.4) is 0 Å². The van der Waals surface area contributed by atoms with Crippen LogP contribution < -0.4 is 4.74 Å². The zero-order chi connectivity index (χ0) is 16.2. The van der Waals surface area contributed by atoms with E-state index in [-0.39, 0.29) is 34.5 Å². The van der Waals surface area contributed by atoms with Gasteiger partial charge in [0.2, 0.25) is 0 Å². The summed E-state index contributed by atoms with van der Waals surface area (Å²) >= 11 is 0. The molecule has 0 aliphatic heterocycles. The van der Waals surface area contributed by atoms with Crippen molar-refractivity contribution in [3.63, 3.8) is 0 Å². The molecule has 0 heterocycles. The molecule has 0 radical (unpaired) electrons. The molecule has 0 saturated carbocycles. The van der Waals surface area contributed by atoms with Crippen molar-refractivity contribution in [2.75, 3.05) is 7.11 Å². The minimum absolute atomic E-state index is 0.0671. The van der Waals surface area contributed by atoms with E-state index in [1.165, 1.54) is 13.2 Å². The molecule has 1 atom stereocenters. The lowest BCUT2D eigenvalue weighted by atomic mass is 9.92. The summed E-state index contributed by atoms with van der Waals surface area (Å²) in [6, 6.07) is 1.39. The lowest BCUT2D eigenvalue weighted by Crippen LogP contribution is -2.12. The summed E-state index contributed by atoms with van der Waals surface area (Å²) in [5, 5.41) is 20.5. The molecule has 4 nitrogen and oxygen atoms in total. The molecule has 1 aromatic carbocycles. The summed E-state index contributed by atoms with van der Waals surface area (Å²) in [5.74, 6) is -0.440. The molecule has 0 aliphatic rings. The van der Waals surface area contributed by atoms with E-state index in [2.05, 4.69) is 0 Å². The number of hydrogen-bond acceptors (Lipinski definition) is 4. The summed E-state index contributed by atoms with van der Waals surface area (Å²) in [5.41, 5.74) is 1.57. The molecule has 4 heteroatoms. The van der Waals surface area contributed by atoms with Crippen LogP contribution in [0.15, 0.2) is 17.7 Å². The van der Waals surface area contributed by atoms with Gasteiger partial charge >= 0.3 is 0 Å². The van der Waals surface area contributed by atoms with Crippen LogP contribution in [0, 0.1) is 5.92 Å². The van der Waals surface area contributed by atoms with Crippen molar-refractivity contribution >= 4 is 5.78 Å². The first-order valence-corrected chi connectivity index (χ1v) is 7.12. The molecule has 0 unspecified atom stereocenters. The quantitative estimate of drug-likeness (QED) is 0.617. The zero-order valence-corrected chi connectivity index (χ0v) is 13.4. The smallest absolute Gasteiger partial charge is 0.173 e. The Bertz CT molecular complexity index is 554. The minimum Gasteiger partial charge on any atom is -0.507 e. The Morgan fingerprint density at radius 2 is 2.00 bits per heavy atom. The number of hydrogen-bond donors (Lipinski definition) is 2. The molecular formula is C17H24O4. The van der Waals surface area contributed by atoms with Gasteiger partial charge in [0.15, 0.2) is 5.78 Å². The van der Waals surface area contributed by atoms with E-state index >= 15 is 0 Å². The van der Waals surface area contributed by atoms with E-state index in [1.807, 2.05) is 33.8 Å². The molecule has 116 valence electrons. The van der Waals surface area contributed by atoms with Gasteiger partial charge in [0, 0.05) is 17.5 Å².